The van der Waals surface area contributed by atoms with Crippen LogP contribution in [0.3, 0.4) is 0 Å². The molecule has 1 N–H and O–H groups in total. The van der Waals surface area contributed by atoms with Gasteiger partial charge in [-0.15, -0.1) is 0 Å². The van der Waals surface area contributed by atoms with Crippen molar-refractivity contribution in [2.24, 2.45) is 5.10 Å². The number of hydrazone groups is 1. The SMILES string of the molecule is Clc1cc(Cl)c(N/N=C2/CC(c3ccccc3)Oc3ccccc32)c(Cl)c1. The molecule has 0 fully saturated rings. The van der Waals surface area contributed by atoms with Gasteiger partial charge in [-0.25, -0.2) is 0 Å². The summed E-state index contributed by atoms with van der Waals surface area (Å²) in [6.07, 6.45) is 0.509. The van der Waals surface area contributed by atoms with Crippen LogP contribution >= 0.6 is 34.8 Å². The van der Waals surface area contributed by atoms with Crippen LogP contribution in [-0.2, 0) is 0 Å². The number of benzene rings is 3. The maximum Gasteiger partial charge on any atom is 0.129 e. The minimum atomic E-state index is -0.113. The highest BCUT2D eigenvalue weighted by molar-refractivity contribution is 6.41. The fraction of sp³-hybridized carbons (Fsp3) is 0.0952. The average molecular weight is 418 g/mol. The molecule has 1 unspecified atom stereocenters. The molecule has 0 saturated heterocycles. The minimum absolute atomic E-state index is 0.113. The van der Waals surface area contributed by atoms with Gasteiger partial charge in [0.2, 0.25) is 0 Å². The quantitative estimate of drug-likeness (QED) is 0.466. The summed E-state index contributed by atoms with van der Waals surface area (Å²) in [5.41, 5.74) is 6.44. The average Bonchev–Trinajstić information content (AvgIpc) is 2.67. The van der Waals surface area contributed by atoms with Gasteiger partial charge in [-0.2, -0.15) is 5.10 Å². The molecule has 3 aromatic carbocycles. The molecule has 4 rings (SSSR count). The van der Waals surface area contributed by atoms with Crippen molar-refractivity contribution in [3.05, 3.63) is 92.9 Å². The van der Waals surface area contributed by atoms with Crippen molar-refractivity contribution < 1.29 is 4.74 Å². The topological polar surface area (TPSA) is 33.6 Å². The van der Waals surface area contributed by atoms with Crippen LogP contribution in [-0.4, -0.2) is 5.71 Å². The zero-order chi connectivity index (χ0) is 18.8. The van der Waals surface area contributed by atoms with Gasteiger partial charge in [-0.05, 0) is 29.8 Å². The van der Waals surface area contributed by atoms with Crippen LogP contribution in [0.4, 0.5) is 5.69 Å². The Balaban J connectivity index is 1.69. The molecule has 1 atom stereocenters. The zero-order valence-electron chi connectivity index (χ0n) is 14.1. The highest BCUT2D eigenvalue weighted by Crippen LogP contribution is 2.37. The van der Waals surface area contributed by atoms with Crippen molar-refractivity contribution in [3.63, 3.8) is 0 Å². The van der Waals surface area contributed by atoms with Gasteiger partial charge in [0.05, 0.1) is 21.4 Å². The number of fused-ring (bicyclic) bond motifs is 1. The van der Waals surface area contributed by atoms with E-state index in [9.17, 15) is 0 Å². The van der Waals surface area contributed by atoms with E-state index in [4.69, 9.17) is 39.5 Å². The molecule has 0 saturated carbocycles. The van der Waals surface area contributed by atoms with Gasteiger partial charge < -0.3 is 4.74 Å². The van der Waals surface area contributed by atoms with Crippen molar-refractivity contribution in [1.82, 2.24) is 0 Å². The molecule has 136 valence electrons. The third kappa shape index (κ3) is 3.91. The van der Waals surface area contributed by atoms with Crippen LogP contribution in [0.5, 0.6) is 5.75 Å². The fourth-order valence-corrected chi connectivity index (χ4v) is 3.92. The number of rotatable bonds is 3. The van der Waals surface area contributed by atoms with E-state index in [0.29, 0.717) is 27.2 Å². The molecule has 0 bridgehead atoms. The van der Waals surface area contributed by atoms with E-state index < -0.39 is 0 Å². The van der Waals surface area contributed by atoms with E-state index >= 15 is 0 Å². The lowest BCUT2D eigenvalue weighted by Gasteiger charge is -2.27. The van der Waals surface area contributed by atoms with Crippen LogP contribution in [0, 0.1) is 0 Å². The maximum atomic E-state index is 6.25. The molecule has 0 aliphatic carbocycles. The first-order valence-corrected chi connectivity index (χ1v) is 9.53. The van der Waals surface area contributed by atoms with E-state index in [-0.39, 0.29) is 6.10 Å². The summed E-state index contributed by atoms with van der Waals surface area (Å²) < 4.78 is 6.19. The molecule has 1 aliphatic rings. The Morgan fingerprint density at radius 1 is 0.889 bits per heavy atom. The van der Waals surface area contributed by atoms with Gasteiger partial charge in [-0.1, -0.05) is 77.3 Å². The number of nitrogens with one attached hydrogen (secondary N) is 1. The maximum absolute atomic E-state index is 6.25. The molecular formula is C21H15Cl3N2O. The van der Waals surface area contributed by atoms with Gasteiger partial charge in [0.1, 0.15) is 11.9 Å². The summed E-state index contributed by atoms with van der Waals surface area (Å²) in [6, 6.07) is 21.2. The Hall–Kier alpha value is -2.20. The summed E-state index contributed by atoms with van der Waals surface area (Å²) in [4.78, 5) is 0. The van der Waals surface area contributed by atoms with Crippen molar-refractivity contribution in [2.75, 3.05) is 5.43 Å². The number of hydrogen-bond acceptors (Lipinski definition) is 3. The Labute approximate surface area is 172 Å². The van der Waals surface area contributed by atoms with E-state index in [2.05, 4.69) is 22.7 Å². The smallest absolute Gasteiger partial charge is 0.129 e. The van der Waals surface area contributed by atoms with Crippen LogP contribution in [0.2, 0.25) is 15.1 Å². The van der Waals surface area contributed by atoms with Crippen LogP contribution in [0.25, 0.3) is 0 Å². The number of halogens is 3. The number of ether oxygens (including phenoxy) is 1. The lowest BCUT2D eigenvalue weighted by Crippen LogP contribution is -2.21. The first-order valence-electron chi connectivity index (χ1n) is 8.40. The predicted octanol–water partition coefficient (Wildman–Crippen LogP) is 6.99. The largest absolute Gasteiger partial charge is 0.485 e. The highest BCUT2D eigenvalue weighted by Gasteiger charge is 2.26. The van der Waals surface area contributed by atoms with Gasteiger partial charge in [0, 0.05) is 17.0 Å². The van der Waals surface area contributed by atoms with E-state index in [0.717, 1.165) is 22.6 Å². The summed E-state index contributed by atoms with van der Waals surface area (Å²) in [5.74, 6) is 0.798. The lowest BCUT2D eigenvalue weighted by molar-refractivity contribution is 0.206. The van der Waals surface area contributed by atoms with Crippen LogP contribution in [0.1, 0.15) is 23.7 Å². The molecule has 6 heteroatoms. The summed E-state index contributed by atoms with van der Waals surface area (Å²) in [6.45, 7) is 0. The van der Waals surface area contributed by atoms with E-state index in [1.807, 2.05) is 42.5 Å². The van der Waals surface area contributed by atoms with Crippen molar-refractivity contribution >= 4 is 46.2 Å². The second-order valence-corrected chi connectivity index (χ2v) is 7.38. The number of para-hydroxylation sites is 1. The van der Waals surface area contributed by atoms with Gasteiger partial charge in [-0.3, -0.25) is 5.43 Å². The summed E-state index contributed by atoms with van der Waals surface area (Å²) >= 11 is 18.5. The van der Waals surface area contributed by atoms with Crippen LogP contribution in [0.15, 0.2) is 71.8 Å². The first-order chi connectivity index (χ1) is 13.1. The van der Waals surface area contributed by atoms with Crippen molar-refractivity contribution in [2.45, 2.75) is 12.5 Å². The molecule has 0 radical (unpaired) electrons. The summed E-state index contributed by atoms with van der Waals surface area (Å²) in [5, 5.41) is 5.90. The van der Waals surface area contributed by atoms with Gasteiger partial charge in [0.15, 0.2) is 0 Å². The third-order valence-electron chi connectivity index (χ3n) is 4.33. The second kappa shape index (κ2) is 7.81. The number of anilines is 1. The second-order valence-electron chi connectivity index (χ2n) is 6.13. The first kappa shape index (κ1) is 18.2. The Morgan fingerprint density at radius 3 is 2.30 bits per heavy atom. The predicted molar refractivity (Wildman–Crippen MR) is 113 cm³/mol. The van der Waals surface area contributed by atoms with Gasteiger partial charge >= 0.3 is 0 Å². The van der Waals surface area contributed by atoms with Gasteiger partial charge in [0.25, 0.3) is 0 Å². The molecule has 1 heterocycles. The molecule has 0 aromatic heterocycles. The fourth-order valence-electron chi connectivity index (χ4n) is 3.02. The number of nitrogens with zero attached hydrogens (tertiary/aromatic N) is 1. The van der Waals surface area contributed by atoms with E-state index in [1.165, 1.54) is 0 Å². The molecular weight excluding hydrogens is 403 g/mol. The third-order valence-corrected chi connectivity index (χ3v) is 5.14. The number of hydrogen-bond donors (Lipinski definition) is 1. The molecule has 0 spiro atoms. The Morgan fingerprint density at radius 2 is 1.56 bits per heavy atom. The summed E-state index contributed by atoms with van der Waals surface area (Å²) in [7, 11) is 0. The van der Waals surface area contributed by atoms with E-state index in [1.54, 1.807) is 12.1 Å². The normalized spacial score (nSPS) is 17.3. The lowest BCUT2D eigenvalue weighted by atomic mass is 9.96. The molecule has 0 amide bonds. The Bertz CT molecular complexity index is 982. The molecule has 1 aliphatic heterocycles. The Kier molecular flexibility index (Phi) is 5.26. The molecule has 3 aromatic rings. The minimum Gasteiger partial charge on any atom is -0.485 e. The standard InChI is InChI=1S/C21H15Cl3N2O/c22-14-10-16(23)21(17(24)11-14)26-25-18-12-20(13-6-2-1-3-7-13)27-19-9-5-4-8-15(18)19/h1-11,20,26H,12H2/b25-18-. The van der Waals surface area contributed by atoms with Crippen molar-refractivity contribution in [3.8, 4) is 5.75 Å². The monoisotopic (exact) mass is 416 g/mol. The molecule has 3 nitrogen and oxygen atoms in total. The van der Waals surface area contributed by atoms with Crippen molar-refractivity contribution in [1.29, 1.82) is 0 Å². The van der Waals surface area contributed by atoms with Crippen LogP contribution < -0.4 is 10.2 Å². The highest BCUT2D eigenvalue weighted by atomic mass is 35.5. The molecule has 27 heavy (non-hydrogen) atoms. The zero-order valence-corrected chi connectivity index (χ0v) is 16.4.